The molecule has 136 valence electrons. The van der Waals surface area contributed by atoms with Crippen molar-refractivity contribution < 1.29 is 19.2 Å². The number of urea groups is 1. The van der Waals surface area contributed by atoms with Gasteiger partial charge in [0.05, 0.1) is 7.05 Å². The Morgan fingerprint density at radius 3 is 2.42 bits per heavy atom. The van der Waals surface area contributed by atoms with Crippen molar-refractivity contribution in [3.8, 4) is 5.75 Å². The van der Waals surface area contributed by atoms with Crippen LogP contribution >= 0.6 is 0 Å². The Hall–Kier alpha value is -3.12. The molecule has 2 aromatic rings. The fraction of sp³-hybridized carbons (Fsp3) is 0.200. The van der Waals surface area contributed by atoms with E-state index in [9.17, 15) is 9.59 Å². The molecular weight excluding hydrogens is 330 g/mol. The van der Waals surface area contributed by atoms with Gasteiger partial charge in [0.2, 0.25) is 0 Å². The number of quaternary nitrogens is 1. The Morgan fingerprint density at radius 2 is 1.85 bits per heavy atom. The van der Waals surface area contributed by atoms with E-state index in [2.05, 4.69) is 11.9 Å². The minimum Gasteiger partial charge on any atom is -0.490 e. The molecule has 26 heavy (non-hydrogen) atoms. The fourth-order valence-electron chi connectivity index (χ4n) is 2.78. The highest BCUT2D eigenvalue weighted by Gasteiger charge is 2.29. The third-order valence-corrected chi connectivity index (χ3v) is 3.91. The normalized spacial score (nSPS) is 12.7. The number of hydrogen-bond acceptors (Lipinski definition) is 3. The van der Waals surface area contributed by atoms with E-state index >= 15 is 0 Å². The number of nitrogens with two attached hydrogens (primary N) is 1. The van der Waals surface area contributed by atoms with Crippen LogP contribution in [0.2, 0.25) is 0 Å². The number of ether oxygens (including phenoxy) is 1. The monoisotopic (exact) mass is 354 g/mol. The smallest absolute Gasteiger partial charge is 0.319 e. The first-order valence-electron chi connectivity index (χ1n) is 8.31. The van der Waals surface area contributed by atoms with Crippen molar-refractivity contribution in [1.29, 1.82) is 0 Å². The average Bonchev–Trinajstić information content (AvgIpc) is 2.61. The Kier molecular flexibility index (Phi) is 6.93. The third-order valence-electron chi connectivity index (χ3n) is 3.91. The highest BCUT2D eigenvalue weighted by atomic mass is 16.5. The highest BCUT2D eigenvalue weighted by molar-refractivity contribution is 5.96. The summed E-state index contributed by atoms with van der Waals surface area (Å²) in [6.07, 6.45) is 1.69. The van der Waals surface area contributed by atoms with Crippen LogP contribution in [0.5, 0.6) is 5.75 Å². The molecule has 1 unspecified atom stereocenters. The van der Waals surface area contributed by atoms with Gasteiger partial charge in [-0.2, -0.15) is 0 Å². The van der Waals surface area contributed by atoms with Crippen molar-refractivity contribution in [1.82, 2.24) is 5.32 Å². The van der Waals surface area contributed by atoms with Crippen LogP contribution in [-0.4, -0.2) is 25.6 Å². The van der Waals surface area contributed by atoms with Gasteiger partial charge in [-0.1, -0.05) is 43.0 Å². The molecule has 0 saturated heterocycles. The zero-order chi connectivity index (χ0) is 18.9. The molecule has 6 heteroatoms. The van der Waals surface area contributed by atoms with Crippen LogP contribution in [0.15, 0.2) is 67.3 Å². The highest BCUT2D eigenvalue weighted by Crippen LogP contribution is 2.13. The topological polar surface area (TPSA) is 85.9 Å². The largest absolute Gasteiger partial charge is 0.490 e. The first-order chi connectivity index (χ1) is 12.5. The second kappa shape index (κ2) is 9.39. The first kappa shape index (κ1) is 19.2. The molecule has 0 fully saturated rings. The number of benzene rings is 2. The molecule has 0 saturated carbocycles. The molecule has 4 N–H and O–H groups in total. The number of likely N-dealkylation sites (N-methyl/N-ethyl adjacent to an activating group) is 1. The van der Waals surface area contributed by atoms with Gasteiger partial charge in [0.1, 0.15) is 18.9 Å². The summed E-state index contributed by atoms with van der Waals surface area (Å²) in [7, 11) is 1.90. The van der Waals surface area contributed by atoms with E-state index in [1.165, 1.54) is 0 Å². The number of rotatable bonds is 8. The maximum atomic E-state index is 12.5. The van der Waals surface area contributed by atoms with E-state index < -0.39 is 18.0 Å². The van der Waals surface area contributed by atoms with Gasteiger partial charge in [0.15, 0.2) is 6.04 Å². The SMILES string of the molecule is C=CCOc1ccc(C[NH+](C)[C@@H](C(=O)NC(N)=O)c2ccccc2)cc1. The van der Waals surface area contributed by atoms with E-state index in [1.54, 1.807) is 6.08 Å². The number of hydrogen-bond donors (Lipinski definition) is 3. The Labute approximate surface area is 153 Å². The number of nitrogens with one attached hydrogen (secondary N) is 2. The van der Waals surface area contributed by atoms with Crippen molar-refractivity contribution in [3.63, 3.8) is 0 Å². The molecule has 6 nitrogen and oxygen atoms in total. The van der Waals surface area contributed by atoms with Gasteiger partial charge in [0, 0.05) is 11.1 Å². The predicted octanol–water partition coefficient (Wildman–Crippen LogP) is 1.20. The summed E-state index contributed by atoms with van der Waals surface area (Å²) in [4.78, 5) is 24.5. The molecule has 0 aliphatic heterocycles. The van der Waals surface area contributed by atoms with E-state index in [1.807, 2.05) is 61.6 Å². The lowest BCUT2D eigenvalue weighted by Gasteiger charge is -2.24. The van der Waals surface area contributed by atoms with Crippen LogP contribution in [0.3, 0.4) is 0 Å². The maximum absolute atomic E-state index is 12.5. The molecule has 0 aliphatic rings. The number of carbonyl (C=O) groups is 2. The minimum atomic E-state index is -0.854. The first-order valence-corrected chi connectivity index (χ1v) is 8.31. The molecule has 0 heterocycles. The summed E-state index contributed by atoms with van der Waals surface area (Å²) in [6.45, 7) is 4.66. The average molecular weight is 354 g/mol. The van der Waals surface area contributed by atoms with Gasteiger partial charge < -0.3 is 15.4 Å². The minimum absolute atomic E-state index is 0.424. The van der Waals surface area contributed by atoms with Gasteiger partial charge >= 0.3 is 6.03 Å². The van der Waals surface area contributed by atoms with E-state index in [-0.39, 0.29) is 0 Å². The zero-order valence-corrected chi connectivity index (χ0v) is 14.8. The summed E-state index contributed by atoms with van der Waals surface area (Å²) < 4.78 is 5.47. The van der Waals surface area contributed by atoms with Crippen molar-refractivity contribution in [2.75, 3.05) is 13.7 Å². The number of imide groups is 1. The van der Waals surface area contributed by atoms with Gasteiger partial charge in [-0.05, 0) is 24.3 Å². The van der Waals surface area contributed by atoms with Crippen molar-refractivity contribution in [2.24, 2.45) is 5.73 Å². The van der Waals surface area contributed by atoms with Crippen LogP contribution < -0.4 is 20.7 Å². The lowest BCUT2D eigenvalue weighted by molar-refractivity contribution is -0.916. The van der Waals surface area contributed by atoms with Crippen molar-refractivity contribution >= 4 is 11.9 Å². The summed E-state index contributed by atoms with van der Waals surface area (Å²) in [5.74, 6) is 0.338. The zero-order valence-electron chi connectivity index (χ0n) is 14.8. The van der Waals surface area contributed by atoms with Crippen LogP contribution in [0.1, 0.15) is 17.2 Å². The fourth-order valence-corrected chi connectivity index (χ4v) is 2.78. The Balaban J connectivity index is 2.15. The summed E-state index contributed by atoms with van der Waals surface area (Å²) in [5.41, 5.74) is 6.97. The summed E-state index contributed by atoms with van der Waals surface area (Å²) in [5, 5.41) is 2.19. The van der Waals surface area contributed by atoms with E-state index in [0.717, 1.165) is 21.8 Å². The second-order valence-corrected chi connectivity index (χ2v) is 5.96. The van der Waals surface area contributed by atoms with Gasteiger partial charge in [-0.15, -0.1) is 0 Å². The third kappa shape index (κ3) is 5.46. The maximum Gasteiger partial charge on any atom is 0.319 e. The van der Waals surface area contributed by atoms with Crippen LogP contribution in [0.4, 0.5) is 4.79 Å². The van der Waals surface area contributed by atoms with Crippen molar-refractivity contribution in [3.05, 3.63) is 78.4 Å². The van der Waals surface area contributed by atoms with Gasteiger partial charge in [-0.25, -0.2) is 4.79 Å². The summed E-state index contributed by atoms with van der Waals surface area (Å²) in [6, 6.07) is 15.6. The van der Waals surface area contributed by atoms with Gasteiger partial charge in [0.25, 0.3) is 5.91 Å². The molecule has 0 spiro atoms. The molecule has 3 amide bonds. The van der Waals surface area contributed by atoms with Crippen molar-refractivity contribution in [2.45, 2.75) is 12.6 Å². The molecule has 0 aliphatic carbocycles. The molecule has 0 radical (unpaired) electrons. The van der Waals surface area contributed by atoms with Crippen LogP contribution in [0.25, 0.3) is 0 Å². The second-order valence-electron chi connectivity index (χ2n) is 5.96. The molecule has 0 aromatic heterocycles. The lowest BCUT2D eigenvalue weighted by atomic mass is 10.0. The predicted molar refractivity (Wildman–Crippen MR) is 99.6 cm³/mol. The Bertz CT molecular complexity index is 745. The molecular formula is C20H24N3O3+. The molecule has 2 rings (SSSR count). The van der Waals surface area contributed by atoms with E-state index in [4.69, 9.17) is 10.5 Å². The Morgan fingerprint density at radius 1 is 1.19 bits per heavy atom. The number of primary amides is 1. The van der Waals surface area contributed by atoms with E-state index in [0.29, 0.717) is 13.2 Å². The van der Waals surface area contributed by atoms with Crippen LogP contribution in [-0.2, 0) is 11.3 Å². The lowest BCUT2D eigenvalue weighted by Crippen LogP contribution is -3.09. The number of amides is 3. The summed E-state index contributed by atoms with van der Waals surface area (Å²) >= 11 is 0. The van der Waals surface area contributed by atoms with Gasteiger partial charge in [-0.3, -0.25) is 10.1 Å². The molecule has 2 atom stereocenters. The number of carbonyl (C=O) groups excluding carboxylic acids is 2. The molecule has 2 aromatic carbocycles. The van der Waals surface area contributed by atoms with Crippen LogP contribution in [0, 0.1) is 0 Å². The molecule has 0 bridgehead atoms. The quantitative estimate of drug-likeness (QED) is 0.623. The standard InChI is InChI=1S/C20H23N3O3/c1-3-13-26-17-11-9-15(10-12-17)14-23(2)18(19(24)22-20(21)25)16-7-5-4-6-8-16/h3-12,18H,1,13-14H2,2H3,(H3,21,22,24,25)/p+1/t18-/m1/s1.